The van der Waals surface area contributed by atoms with Crippen LogP contribution in [0.4, 0.5) is 0 Å². The van der Waals surface area contributed by atoms with Crippen LogP contribution in [-0.4, -0.2) is 19.9 Å². The Balaban J connectivity index is 2.68. The first-order valence-electron chi connectivity index (χ1n) is 6.00. The van der Waals surface area contributed by atoms with Gasteiger partial charge >= 0.3 is 0 Å². The lowest BCUT2D eigenvalue weighted by Crippen LogP contribution is -2.28. The molecule has 1 rings (SSSR count). The summed E-state index contributed by atoms with van der Waals surface area (Å²) in [4.78, 5) is 0. The van der Waals surface area contributed by atoms with Gasteiger partial charge in [-0.25, -0.2) is 8.42 Å². The van der Waals surface area contributed by atoms with Crippen molar-refractivity contribution in [2.75, 3.05) is 11.5 Å². The molecule has 3 N–H and O–H groups in total. The molecule has 7 heteroatoms. The number of halogens is 2. The zero-order valence-corrected chi connectivity index (χ0v) is 13.0. The molecular formula is C12H18Cl2N2O2S. The lowest BCUT2D eigenvalue weighted by molar-refractivity contribution is 0.507. The monoisotopic (exact) mass is 324 g/mol. The van der Waals surface area contributed by atoms with Gasteiger partial charge in [0, 0.05) is 21.8 Å². The van der Waals surface area contributed by atoms with Gasteiger partial charge in [0.1, 0.15) is 9.84 Å². The highest BCUT2D eigenvalue weighted by atomic mass is 35.5. The average Bonchev–Trinajstić information content (AvgIpc) is 2.33. The minimum atomic E-state index is -2.94. The Hall–Kier alpha value is -0.330. The Kier molecular flexibility index (Phi) is 6.56. The van der Waals surface area contributed by atoms with Crippen LogP contribution in [0.3, 0.4) is 0 Å². The predicted molar refractivity (Wildman–Crippen MR) is 80.1 cm³/mol. The van der Waals surface area contributed by atoms with Gasteiger partial charge in [-0.2, -0.15) is 0 Å². The largest absolute Gasteiger partial charge is 0.271 e. The summed E-state index contributed by atoms with van der Waals surface area (Å²) in [6.07, 6.45) is 1.14. The summed E-state index contributed by atoms with van der Waals surface area (Å²) in [6.45, 7) is 1.64. The molecule has 0 amide bonds. The minimum Gasteiger partial charge on any atom is -0.271 e. The maximum atomic E-state index is 11.4. The number of hydrogen-bond acceptors (Lipinski definition) is 4. The second-order valence-electron chi connectivity index (χ2n) is 4.30. The zero-order valence-electron chi connectivity index (χ0n) is 10.7. The second-order valence-corrected chi connectivity index (χ2v) is 7.65. The molecule has 0 spiro atoms. The van der Waals surface area contributed by atoms with Crippen LogP contribution in [0.5, 0.6) is 0 Å². The topological polar surface area (TPSA) is 72.2 Å². The van der Waals surface area contributed by atoms with Gasteiger partial charge in [0.2, 0.25) is 0 Å². The number of rotatable bonds is 7. The molecule has 0 aliphatic rings. The first-order chi connectivity index (χ1) is 8.88. The van der Waals surface area contributed by atoms with Gasteiger partial charge in [0.15, 0.2) is 0 Å². The smallest absolute Gasteiger partial charge is 0.150 e. The fraction of sp³-hybridized carbons (Fsp3) is 0.500. The van der Waals surface area contributed by atoms with Gasteiger partial charge in [0.25, 0.3) is 0 Å². The van der Waals surface area contributed by atoms with Crippen molar-refractivity contribution in [3.05, 3.63) is 33.8 Å². The van der Waals surface area contributed by atoms with Crippen LogP contribution in [0.1, 0.15) is 31.4 Å². The number of benzene rings is 1. The van der Waals surface area contributed by atoms with Gasteiger partial charge in [-0.1, -0.05) is 30.1 Å². The summed E-state index contributed by atoms with van der Waals surface area (Å²) < 4.78 is 22.8. The van der Waals surface area contributed by atoms with E-state index in [1.54, 1.807) is 25.1 Å². The van der Waals surface area contributed by atoms with Gasteiger partial charge in [0.05, 0.1) is 5.75 Å². The third-order valence-corrected chi connectivity index (χ3v) is 5.10. The molecular weight excluding hydrogens is 307 g/mol. The van der Waals surface area contributed by atoms with Crippen molar-refractivity contribution in [3.63, 3.8) is 0 Å². The fourth-order valence-electron chi connectivity index (χ4n) is 1.77. The molecule has 0 aliphatic heterocycles. The van der Waals surface area contributed by atoms with Gasteiger partial charge in [-0.15, -0.1) is 0 Å². The molecule has 1 unspecified atom stereocenters. The van der Waals surface area contributed by atoms with E-state index < -0.39 is 9.84 Å². The molecule has 0 radical (unpaired) electrons. The van der Waals surface area contributed by atoms with Crippen LogP contribution < -0.4 is 11.3 Å². The van der Waals surface area contributed by atoms with Crippen LogP contribution in [-0.2, 0) is 9.84 Å². The number of hydrogen-bond donors (Lipinski definition) is 2. The molecule has 19 heavy (non-hydrogen) atoms. The Morgan fingerprint density at radius 1 is 1.26 bits per heavy atom. The van der Waals surface area contributed by atoms with Gasteiger partial charge in [-0.05, 0) is 36.6 Å². The molecule has 0 heterocycles. The summed E-state index contributed by atoms with van der Waals surface area (Å²) >= 11 is 11.9. The lowest BCUT2D eigenvalue weighted by atomic mass is 10.0. The Labute approximate surface area is 124 Å². The highest BCUT2D eigenvalue weighted by Crippen LogP contribution is 2.25. The molecule has 1 aromatic carbocycles. The highest BCUT2D eigenvalue weighted by molar-refractivity contribution is 7.91. The van der Waals surface area contributed by atoms with Crippen LogP contribution in [0.25, 0.3) is 0 Å². The summed E-state index contributed by atoms with van der Waals surface area (Å²) in [5, 5.41) is 1.06. The van der Waals surface area contributed by atoms with E-state index in [4.69, 9.17) is 29.0 Å². The molecule has 108 valence electrons. The van der Waals surface area contributed by atoms with E-state index in [0.717, 1.165) is 5.56 Å². The van der Waals surface area contributed by atoms with Crippen molar-refractivity contribution >= 4 is 33.0 Å². The van der Waals surface area contributed by atoms with Gasteiger partial charge in [-0.3, -0.25) is 11.3 Å². The van der Waals surface area contributed by atoms with Crippen LogP contribution >= 0.6 is 23.2 Å². The standard InChI is InChI=1S/C12H18Cl2N2O2S/c1-2-19(17,18)5-3-4-12(16-15)9-6-10(13)8-11(14)7-9/h6-8,12,16H,2-5,15H2,1H3. The SMILES string of the molecule is CCS(=O)(=O)CCCC(NN)c1cc(Cl)cc(Cl)c1. The molecule has 0 saturated heterocycles. The molecule has 0 aromatic heterocycles. The number of sulfone groups is 1. The first kappa shape index (κ1) is 16.7. The van der Waals surface area contributed by atoms with Crippen molar-refractivity contribution in [3.8, 4) is 0 Å². The van der Waals surface area contributed by atoms with Crippen molar-refractivity contribution in [2.24, 2.45) is 5.84 Å². The number of hydrazine groups is 1. The van der Waals surface area contributed by atoms with Crippen LogP contribution in [0.15, 0.2) is 18.2 Å². The average molecular weight is 325 g/mol. The summed E-state index contributed by atoms with van der Waals surface area (Å²) in [5.74, 6) is 5.83. The normalized spacial score (nSPS) is 13.5. The molecule has 0 fully saturated rings. The number of nitrogens with one attached hydrogen (secondary N) is 1. The minimum absolute atomic E-state index is 0.163. The summed E-state index contributed by atoms with van der Waals surface area (Å²) in [5.41, 5.74) is 3.52. The fourth-order valence-corrected chi connectivity index (χ4v) is 3.21. The first-order valence-corrected chi connectivity index (χ1v) is 8.58. The maximum Gasteiger partial charge on any atom is 0.150 e. The second kappa shape index (κ2) is 7.45. The third-order valence-electron chi connectivity index (χ3n) is 2.88. The van der Waals surface area contributed by atoms with Crippen molar-refractivity contribution in [2.45, 2.75) is 25.8 Å². The molecule has 4 nitrogen and oxygen atoms in total. The molecule has 0 bridgehead atoms. The Bertz CT molecular complexity index is 500. The van der Waals surface area contributed by atoms with E-state index in [-0.39, 0.29) is 17.5 Å². The zero-order chi connectivity index (χ0) is 14.5. The van der Waals surface area contributed by atoms with Crippen LogP contribution in [0, 0.1) is 0 Å². The van der Waals surface area contributed by atoms with E-state index in [1.165, 1.54) is 0 Å². The highest BCUT2D eigenvalue weighted by Gasteiger charge is 2.13. The van der Waals surface area contributed by atoms with Crippen molar-refractivity contribution < 1.29 is 8.42 Å². The third kappa shape index (κ3) is 5.67. The quantitative estimate of drug-likeness (QED) is 0.597. The lowest BCUT2D eigenvalue weighted by Gasteiger charge is -2.17. The number of nitrogens with two attached hydrogens (primary N) is 1. The molecule has 0 saturated carbocycles. The predicted octanol–water partition coefficient (Wildman–Crippen LogP) is 2.71. The summed E-state index contributed by atoms with van der Waals surface area (Å²) in [7, 11) is -2.94. The Morgan fingerprint density at radius 3 is 2.32 bits per heavy atom. The maximum absolute atomic E-state index is 11.4. The van der Waals surface area contributed by atoms with Crippen LogP contribution in [0.2, 0.25) is 10.0 Å². The van der Waals surface area contributed by atoms with E-state index in [0.29, 0.717) is 22.9 Å². The van der Waals surface area contributed by atoms with E-state index in [9.17, 15) is 8.42 Å². The summed E-state index contributed by atoms with van der Waals surface area (Å²) in [6, 6.07) is 5.02. The van der Waals surface area contributed by atoms with E-state index in [1.807, 2.05) is 0 Å². The molecule has 1 aromatic rings. The van der Waals surface area contributed by atoms with E-state index >= 15 is 0 Å². The van der Waals surface area contributed by atoms with Gasteiger partial charge < -0.3 is 0 Å². The molecule has 0 aliphatic carbocycles. The molecule has 1 atom stereocenters. The van der Waals surface area contributed by atoms with Crippen molar-refractivity contribution in [1.29, 1.82) is 0 Å². The van der Waals surface area contributed by atoms with Crippen molar-refractivity contribution in [1.82, 2.24) is 5.43 Å². The Morgan fingerprint density at radius 2 is 1.84 bits per heavy atom. The van der Waals surface area contributed by atoms with E-state index in [2.05, 4.69) is 5.43 Å².